The Bertz CT molecular complexity index is 330. The molecule has 1 aromatic heterocycles. The average Bonchev–Trinajstić information content (AvgIpc) is 2.71. The summed E-state index contributed by atoms with van der Waals surface area (Å²) in [6, 6.07) is 1.24. The van der Waals surface area contributed by atoms with Gasteiger partial charge in [0.25, 0.3) is 0 Å². The van der Waals surface area contributed by atoms with Crippen LogP contribution in [0.25, 0.3) is 0 Å². The molecule has 3 N–H and O–H groups in total. The Labute approximate surface area is 100 Å². The van der Waals surface area contributed by atoms with Gasteiger partial charge in [-0.3, -0.25) is 4.90 Å². The van der Waals surface area contributed by atoms with Crippen molar-refractivity contribution < 1.29 is 0 Å². The molecule has 1 aliphatic rings. The van der Waals surface area contributed by atoms with Crippen LogP contribution in [0.2, 0.25) is 0 Å². The maximum absolute atomic E-state index is 5.43. The second-order valence-corrected chi connectivity index (χ2v) is 5.25. The van der Waals surface area contributed by atoms with Crippen molar-refractivity contribution >= 4 is 16.5 Å². The highest BCUT2D eigenvalue weighted by Gasteiger charge is 2.26. The standard InChI is InChI=1S/C10H19N5S/c1-7-4-3-5-8(2)15(7)6-9-10(12-11)16-14-13-9/h7-8,12H,3-6,11H2,1-2H3/t7-,8+. The summed E-state index contributed by atoms with van der Waals surface area (Å²) in [6.45, 7) is 5.41. The van der Waals surface area contributed by atoms with Crippen LogP contribution in [0.3, 0.4) is 0 Å². The first-order valence-electron chi connectivity index (χ1n) is 5.76. The van der Waals surface area contributed by atoms with Gasteiger partial charge in [0.2, 0.25) is 0 Å². The molecule has 1 saturated heterocycles. The van der Waals surface area contributed by atoms with E-state index in [0.29, 0.717) is 12.1 Å². The Hall–Kier alpha value is -0.720. The number of hydrogen-bond acceptors (Lipinski definition) is 6. The van der Waals surface area contributed by atoms with Crippen molar-refractivity contribution in [3.8, 4) is 0 Å². The summed E-state index contributed by atoms with van der Waals surface area (Å²) >= 11 is 1.32. The minimum atomic E-state index is 0.621. The molecule has 0 aliphatic carbocycles. The smallest absolute Gasteiger partial charge is 0.148 e. The van der Waals surface area contributed by atoms with Gasteiger partial charge in [0.05, 0.1) is 0 Å². The molecule has 0 bridgehead atoms. The van der Waals surface area contributed by atoms with E-state index in [4.69, 9.17) is 5.84 Å². The average molecular weight is 241 g/mol. The molecule has 1 aliphatic heterocycles. The Morgan fingerprint density at radius 3 is 2.75 bits per heavy atom. The third-order valence-electron chi connectivity index (χ3n) is 3.40. The van der Waals surface area contributed by atoms with Crippen molar-refractivity contribution in [3.05, 3.63) is 5.69 Å². The van der Waals surface area contributed by atoms with Gasteiger partial charge < -0.3 is 5.43 Å². The van der Waals surface area contributed by atoms with E-state index in [1.54, 1.807) is 0 Å². The van der Waals surface area contributed by atoms with Crippen LogP contribution < -0.4 is 11.3 Å². The molecule has 5 nitrogen and oxygen atoms in total. The monoisotopic (exact) mass is 241 g/mol. The first kappa shape index (κ1) is 11.8. The summed E-state index contributed by atoms with van der Waals surface area (Å²) < 4.78 is 3.93. The Morgan fingerprint density at radius 2 is 2.12 bits per heavy atom. The topological polar surface area (TPSA) is 67.1 Å². The third kappa shape index (κ3) is 2.34. The van der Waals surface area contributed by atoms with E-state index in [9.17, 15) is 0 Å². The van der Waals surface area contributed by atoms with Crippen molar-refractivity contribution in [2.45, 2.75) is 51.7 Å². The molecule has 16 heavy (non-hydrogen) atoms. The SMILES string of the molecule is C[C@@H]1CCC[C@H](C)N1Cc1nnsc1NN. The maximum atomic E-state index is 5.43. The van der Waals surface area contributed by atoms with Gasteiger partial charge in [-0.25, -0.2) is 5.84 Å². The van der Waals surface area contributed by atoms with E-state index in [2.05, 4.69) is 33.8 Å². The molecule has 2 atom stereocenters. The van der Waals surface area contributed by atoms with Gasteiger partial charge in [0.1, 0.15) is 10.7 Å². The molecule has 0 radical (unpaired) electrons. The summed E-state index contributed by atoms with van der Waals surface area (Å²) in [6.07, 6.45) is 3.87. The molecule has 0 unspecified atom stereocenters. The van der Waals surface area contributed by atoms with Crippen molar-refractivity contribution in [2.75, 3.05) is 5.43 Å². The number of hydrazine groups is 1. The lowest BCUT2D eigenvalue weighted by atomic mass is 9.97. The Morgan fingerprint density at radius 1 is 1.44 bits per heavy atom. The zero-order valence-electron chi connectivity index (χ0n) is 9.81. The van der Waals surface area contributed by atoms with Crippen LogP contribution in [0.1, 0.15) is 38.8 Å². The summed E-state index contributed by atoms with van der Waals surface area (Å²) in [5.74, 6) is 5.43. The van der Waals surface area contributed by atoms with E-state index >= 15 is 0 Å². The molecular formula is C10H19N5S. The van der Waals surface area contributed by atoms with Crippen LogP contribution in [0.4, 0.5) is 5.00 Å². The fraction of sp³-hybridized carbons (Fsp3) is 0.800. The van der Waals surface area contributed by atoms with Gasteiger partial charge in [-0.1, -0.05) is 10.9 Å². The number of hydrogen-bond donors (Lipinski definition) is 2. The predicted octanol–water partition coefficient (Wildman–Crippen LogP) is 1.59. The number of nitrogens with two attached hydrogens (primary N) is 1. The van der Waals surface area contributed by atoms with E-state index in [0.717, 1.165) is 17.2 Å². The second kappa shape index (κ2) is 5.07. The maximum Gasteiger partial charge on any atom is 0.148 e. The van der Waals surface area contributed by atoms with E-state index < -0.39 is 0 Å². The molecule has 0 saturated carbocycles. The quantitative estimate of drug-likeness (QED) is 0.621. The number of likely N-dealkylation sites (tertiary alicyclic amines) is 1. The number of nitrogen functional groups attached to an aromatic ring is 1. The van der Waals surface area contributed by atoms with Gasteiger partial charge in [-0.15, -0.1) is 5.10 Å². The first-order valence-corrected chi connectivity index (χ1v) is 6.53. The van der Waals surface area contributed by atoms with E-state index in [1.807, 2.05) is 0 Å². The van der Waals surface area contributed by atoms with E-state index in [1.165, 1.54) is 30.8 Å². The predicted molar refractivity (Wildman–Crippen MR) is 66.0 cm³/mol. The number of nitrogens with zero attached hydrogens (tertiary/aromatic N) is 3. The summed E-state index contributed by atoms with van der Waals surface area (Å²) in [5, 5.41) is 5.01. The van der Waals surface area contributed by atoms with Gasteiger partial charge in [-0.05, 0) is 26.7 Å². The summed E-state index contributed by atoms with van der Waals surface area (Å²) in [4.78, 5) is 2.49. The van der Waals surface area contributed by atoms with Crippen LogP contribution in [0.15, 0.2) is 0 Å². The van der Waals surface area contributed by atoms with Crippen LogP contribution in [0.5, 0.6) is 0 Å². The summed E-state index contributed by atoms with van der Waals surface area (Å²) in [7, 11) is 0. The largest absolute Gasteiger partial charge is 0.313 e. The Kier molecular flexibility index (Phi) is 3.73. The molecule has 2 rings (SSSR count). The first-order chi connectivity index (χ1) is 7.72. The minimum absolute atomic E-state index is 0.621. The normalized spacial score (nSPS) is 26.9. The minimum Gasteiger partial charge on any atom is -0.313 e. The molecule has 6 heteroatoms. The lowest BCUT2D eigenvalue weighted by Gasteiger charge is -2.38. The van der Waals surface area contributed by atoms with Gasteiger partial charge in [0, 0.05) is 30.2 Å². The molecule has 1 aromatic rings. The number of piperidine rings is 1. The highest BCUT2D eigenvalue weighted by molar-refractivity contribution is 7.10. The fourth-order valence-electron chi connectivity index (χ4n) is 2.38. The number of aromatic nitrogens is 2. The summed E-state index contributed by atoms with van der Waals surface area (Å²) in [5.41, 5.74) is 3.63. The highest BCUT2D eigenvalue weighted by Crippen LogP contribution is 2.26. The third-order valence-corrected chi connectivity index (χ3v) is 4.09. The number of anilines is 1. The van der Waals surface area contributed by atoms with E-state index in [-0.39, 0.29) is 0 Å². The van der Waals surface area contributed by atoms with Crippen LogP contribution in [-0.4, -0.2) is 26.6 Å². The highest BCUT2D eigenvalue weighted by atomic mass is 32.1. The van der Waals surface area contributed by atoms with Crippen LogP contribution >= 0.6 is 11.5 Å². The number of rotatable bonds is 3. The zero-order valence-corrected chi connectivity index (χ0v) is 10.6. The molecule has 0 aromatic carbocycles. The van der Waals surface area contributed by atoms with Crippen LogP contribution in [0, 0.1) is 0 Å². The molecular weight excluding hydrogens is 222 g/mol. The van der Waals surface area contributed by atoms with Crippen molar-refractivity contribution in [1.82, 2.24) is 14.5 Å². The second-order valence-electron chi connectivity index (χ2n) is 4.49. The lowest BCUT2D eigenvalue weighted by Crippen LogP contribution is -2.43. The van der Waals surface area contributed by atoms with Gasteiger partial charge >= 0.3 is 0 Å². The molecule has 0 amide bonds. The lowest BCUT2D eigenvalue weighted by molar-refractivity contribution is 0.0940. The van der Waals surface area contributed by atoms with Gasteiger partial charge in [0.15, 0.2) is 0 Å². The zero-order chi connectivity index (χ0) is 11.5. The van der Waals surface area contributed by atoms with Crippen molar-refractivity contribution in [1.29, 1.82) is 0 Å². The number of nitrogens with one attached hydrogen (secondary N) is 1. The molecule has 2 heterocycles. The molecule has 90 valence electrons. The Balaban J connectivity index is 2.07. The fourth-order valence-corrected chi connectivity index (χ4v) is 2.87. The van der Waals surface area contributed by atoms with Crippen LogP contribution in [-0.2, 0) is 6.54 Å². The van der Waals surface area contributed by atoms with Gasteiger partial charge in [-0.2, -0.15) is 0 Å². The van der Waals surface area contributed by atoms with Crippen molar-refractivity contribution in [3.63, 3.8) is 0 Å². The molecule has 0 spiro atoms. The van der Waals surface area contributed by atoms with Crippen molar-refractivity contribution in [2.24, 2.45) is 5.84 Å². The molecule has 1 fully saturated rings.